The SMILES string of the molecule is COc1ccsc1C(Cl)c1cc(Br)sc1C. The van der Waals surface area contributed by atoms with Gasteiger partial charge >= 0.3 is 0 Å². The van der Waals surface area contributed by atoms with Crippen molar-refractivity contribution in [3.8, 4) is 5.75 Å². The lowest BCUT2D eigenvalue weighted by Gasteiger charge is -2.09. The number of aryl methyl sites for hydroxylation is 1. The molecular formula is C11H10BrClOS2. The quantitative estimate of drug-likeness (QED) is 0.698. The van der Waals surface area contributed by atoms with Crippen LogP contribution in [0.4, 0.5) is 0 Å². The molecule has 0 aromatic carbocycles. The largest absolute Gasteiger partial charge is 0.496 e. The predicted molar refractivity (Wildman–Crippen MR) is 75.3 cm³/mol. The number of ether oxygens (including phenoxy) is 1. The minimum absolute atomic E-state index is 0.127. The van der Waals surface area contributed by atoms with Gasteiger partial charge in [-0.05, 0) is 45.9 Å². The summed E-state index contributed by atoms with van der Waals surface area (Å²) in [5.74, 6) is 0.867. The van der Waals surface area contributed by atoms with Crippen LogP contribution in [0.2, 0.25) is 0 Å². The van der Waals surface area contributed by atoms with Crippen LogP contribution < -0.4 is 4.74 Å². The molecule has 1 atom stereocenters. The lowest BCUT2D eigenvalue weighted by atomic mass is 10.1. The summed E-state index contributed by atoms with van der Waals surface area (Å²) in [6.45, 7) is 2.08. The molecule has 0 amide bonds. The van der Waals surface area contributed by atoms with Crippen LogP contribution in [-0.2, 0) is 0 Å². The maximum absolute atomic E-state index is 6.49. The van der Waals surface area contributed by atoms with E-state index in [1.807, 2.05) is 11.4 Å². The Balaban J connectivity index is 2.38. The van der Waals surface area contributed by atoms with Crippen molar-refractivity contribution in [2.45, 2.75) is 12.3 Å². The van der Waals surface area contributed by atoms with Crippen molar-refractivity contribution in [1.29, 1.82) is 0 Å². The standard InChI is InChI=1S/C11H10BrClOS2/c1-6-7(5-9(12)16-6)10(13)11-8(14-2)3-4-15-11/h3-5,10H,1-2H3. The Morgan fingerprint density at radius 3 is 2.81 bits per heavy atom. The average molecular weight is 338 g/mol. The van der Waals surface area contributed by atoms with Crippen LogP contribution in [0.5, 0.6) is 5.75 Å². The van der Waals surface area contributed by atoms with E-state index in [1.54, 1.807) is 29.8 Å². The molecule has 0 bridgehead atoms. The monoisotopic (exact) mass is 336 g/mol. The van der Waals surface area contributed by atoms with Gasteiger partial charge in [0.25, 0.3) is 0 Å². The Morgan fingerprint density at radius 2 is 2.25 bits per heavy atom. The fraction of sp³-hybridized carbons (Fsp3) is 0.273. The van der Waals surface area contributed by atoms with E-state index in [9.17, 15) is 0 Å². The van der Waals surface area contributed by atoms with Gasteiger partial charge in [-0.3, -0.25) is 0 Å². The first kappa shape index (κ1) is 12.4. The summed E-state index contributed by atoms with van der Waals surface area (Å²) in [5, 5.41) is 1.87. The molecule has 0 saturated carbocycles. The molecule has 0 N–H and O–H groups in total. The fourth-order valence-corrected chi connectivity index (χ4v) is 4.67. The van der Waals surface area contributed by atoms with Gasteiger partial charge in [-0.15, -0.1) is 34.3 Å². The van der Waals surface area contributed by atoms with Crippen LogP contribution in [0.1, 0.15) is 20.7 Å². The van der Waals surface area contributed by atoms with Crippen molar-refractivity contribution < 1.29 is 4.74 Å². The van der Waals surface area contributed by atoms with Gasteiger partial charge in [-0.25, -0.2) is 0 Å². The van der Waals surface area contributed by atoms with Gasteiger partial charge < -0.3 is 4.74 Å². The van der Waals surface area contributed by atoms with Gasteiger partial charge in [0.2, 0.25) is 0 Å². The smallest absolute Gasteiger partial charge is 0.134 e. The first-order valence-corrected chi connectivity index (χ1v) is 7.57. The maximum Gasteiger partial charge on any atom is 0.134 e. The average Bonchev–Trinajstić information content (AvgIpc) is 2.83. The van der Waals surface area contributed by atoms with Crippen molar-refractivity contribution in [3.63, 3.8) is 0 Å². The number of halogens is 2. The van der Waals surface area contributed by atoms with E-state index in [1.165, 1.54) is 4.88 Å². The van der Waals surface area contributed by atoms with E-state index in [0.29, 0.717) is 0 Å². The second kappa shape index (κ2) is 5.08. The van der Waals surface area contributed by atoms with Gasteiger partial charge in [-0.1, -0.05) is 0 Å². The fourth-order valence-electron chi connectivity index (χ4n) is 1.51. The molecule has 2 rings (SSSR count). The molecule has 86 valence electrons. The molecule has 0 saturated heterocycles. The third kappa shape index (κ3) is 2.30. The molecule has 0 radical (unpaired) electrons. The Labute approximate surface area is 116 Å². The Hall–Kier alpha value is -0.0300. The number of hydrogen-bond donors (Lipinski definition) is 0. The van der Waals surface area contributed by atoms with Gasteiger partial charge in [0.15, 0.2) is 0 Å². The predicted octanol–water partition coefficient (Wildman–Crippen LogP) is 5.22. The summed E-state index contributed by atoms with van der Waals surface area (Å²) in [6, 6.07) is 4.03. The second-order valence-corrected chi connectivity index (χ2v) is 7.30. The molecule has 0 fully saturated rings. The van der Waals surface area contributed by atoms with Crippen molar-refractivity contribution >= 4 is 50.2 Å². The van der Waals surface area contributed by atoms with Crippen molar-refractivity contribution in [1.82, 2.24) is 0 Å². The number of methoxy groups -OCH3 is 1. The first-order valence-electron chi connectivity index (χ1n) is 4.64. The zero-order valence-electron chi connectivity index (χ0n) is 8.79. The number of hydrogen-bond acceptors (Lipinski definition) is 3. The molecule has 16 heavy (non-hydrogen) atoms. The van der Waals surface area contributed by atoms with Crippen LogP contribution in [0.3, 0.4) is 0 Å². The molecule has 5 heteroatoms. The molecule has 2 aromatic heterocycles. The van der Waals surface area contributed by atoms with Crippen LogP contribution in [-0.4, -0.2) is 7.11 Å². The van der Waals surface area contributed by atoms with Crippen molar-refractivity contribution in [3.05, 3.63) is 36.6 Å². The lowest BCUT2D eigenvalue weighted by Crippen LogP contribution is -1.93. The van der Waals surface area contributed by atoms with Crippen LogP contribution >= 0.6 is 50.2 Å². The third-order valence-electron chi connectivity index (χ3n) is 2.31. The summed E-state index contributed by atoms with van der Waals surface area (Å²) in [4.78, 5) is 2.31. The highest BCUT2D eigenvalue weighted by atomic mass is 79.9. The number of alkyl halides is 1. The van der Waals surface area contributed by atoms with Crippen molar-refractivity contribution in [2.75, 3.05) is 7.11 Å². The molecule has 2 aromatic rings. The highest BCUT2D eigenvalue weighted by Gasteiger charge is 2.20. The summed E-state index contributed by atoms with van der Waals surface area (Å²) in [6.07, 6.45) is 0. The van der Waals surface area contributed by atoms with Crippen LogP contribution in [0.15, 0.2) is 21.3 Å². The summed E-state index contributed by atoms with van der Waals surface area (Å²) in [5.41, 5.74) is 1.15. The van der Waals surface area contributed by atoms with E-state index in [-0.39, 0.29) is 5.38 Å². The summed E-state index contributed by atoms with van der Waals surface area (Å²) >= 11 is 13.3. The molecule has 1 unspecified atom stereocenters. The zero-order chi connectivity index (χ0) is 11.7. The normalized spacial score (nSPS) is 12.8. The highest BCUT2D eigenvalue weighted by molar-refractivity contribution is 9.11. The third-order valence-corrected chi connectivity index (χ3v) is 5.42. The highest BCUT2D eigenvalue weighted by Crippen LogP contribution is 2.42. The second-order valence-electron chi connectivity index (χ2n) is 3.28. The first-order chi connectivity index (χ1) is 7.63. The molecule has 0 aliphatic heterocycles. The van der Waals surface area contributed by atoms with E-state index >= 15 is 0 Å². The van der Waals surface area contributed by atoms with Gasteiger partial charge in [0.05, 0.1) is 21.2 Å². The number of rotatable bonds is 3. The molecule has 1 nitrogen and oxygen atoms in total. The summed E-state index contributed by atoms with van der Waals surface area (Å²) < 4.78 is 6.40. The molecular weight excluding hydrogens is 328 g/mol. The minimum Gasteiger partial charge on any atom is -0.496 e. The Bertz CT molecular complexity index is 492. The van der Waals surface area contributed by atoms with E-state index in [2.05, 4.69) is 28.9 Å². The maximum atomic E-state index is 6.49. The van der Waals surface area contributed by atoms with E-state index in [4.69, 9.17) is 16.3 Å². The van der Waals surface area contributed by atoms with E-state index < -0.39 is 0 Å². The minimum atomic E-state index is -0.127. The Morgan fingerprint density at radius 1 is 1.50 bits per heavy atom. The topological polar surface area (TPSA) is 9.23 Å². The Kier molecular flexibility index (Phi) is 3.95. The lowest BCUT2D eigenvalue weighted by molar-refractivity contribution is 0.413. The number of thiophene rings is 2. The van der Waals surface area contributed by atoms with Gasteiger partial charge in [0, 0.05) is 4.88 Å². The van der Waals surface area contributed by atoms with Crippen LogP contribution in [0, 0.1) is 6.92 Å². The van der Waals surface area contributed by atoms with Gasteiger partial charge in [-0.2, -0.15) is 0 Å². The molecule has 2 heterocycles. The molecule has 0 aliphatic carbocycles. The van der Waals surface area contributed by atoms with Crippen LogP contribution in [0.25, 0.3) is 0 Å². The molecule has 0 spiro atoms. The van der Waals surface area contributed by atoms with Gasteiger partial charge in [0.1, 0.15) is 5.75 Å². The van der Waals surface area contributed by atoms with E-state index in [0.717, 1.165) is 20.0 Å². The zero-order valence-corrected chi connectivity index (χ0v) is 12.8. The summed E-state index contributed by atoms with van der Waals surface area (Å²) in [7, 11) is 1.67. The molecule has 0 aliphatic rings. The van der Waals surface area contributed by atoms with Crippen molar-refractivity contribution in [2.24, 2.45) is 0 Å².